The third kappa shape index (κ3) is 2.37. The summed E-state index contributed by atoms with van der Waals surface area (Å²) in [6, 6.07) is 0. The lowest BCUT2D eigenvalue weighted by atomic mass is 10.6. The van der Waals surface area contributed by atoms with Gasteiger partial charge in [0.05, 0.1) is 0 Å². The Labute approximate surface area is 31.9 Å². The van der Waals surface area contributed by atoms with Gasteiger partial charge in [0.2, 0.25) is 0 Å². The van der Waals surface area contributed by atoms with Gasteiger partial charge in [-0.1, -0.05) is 0 Å². The molecule has 0 aliphatic rings. The fourth-order valence-electron chi connectivity index (χ4n) is 0. The van der Waals surface area contributed by atoms with Crippen LogP contribution in [0.25, 0.3) is 0 Å². The molecule has 0 fully saturated rings. The summed E-state index contributed by atoms with van der Waals surface area (Å²) in [7, 11) is 1.60. The summed E-state index contributed by atoms with van der Waals surface area (Å²) >= 11 is 3.70. The van der Waals surface area contributed by atoms with Crippen LogP contribution in [0.4, 0.5) is 0 Å². The lowest BCUT2D eigenvalue weighted by Crippen LogP contribution is -1.76. The molecule has 0 aromatic heterocycles. The smallest absolute Gasteiger partial charge is 0.339 e. The van der Waals surface area contributed by atoms with Gasteiger partial charge in [0.1, 0.15) is 0 Å². The van der Waals surface area contributed by atoms with Crippen molar-refractivity contribution in [2.45, 2.75) is 0 Å². The highest BCUT2D eigenvalue weighted by Crippen LogP contribution is 1.59. The van der Waals surface area contributed by atoms with Gasteiger partial charge in [-0.2, -0.15) is 12.5 Å². The van der Waals surface area contributed by atoms with E-state index in [1.807, 2.05) is 0 Å². The Kier molecular flexibility index (Phi) is 3.69. The third-order valence-corrected chi connectivity index (χ3v) is 0.387. The van der Waals surface area contributed by atoms with E-state index in [2.05, 4.69) is 17.1 Å². The van der Waals surface area contributed by atoms with E-state index in [9.17, 15) is 0 Å². The molecule has 0 rings (SSSR count). The Balaban J connectivity index is 1.97. The quantitative estimate of drug-likeness (QED) is 0.337. The summed E-state index contributed by atoms with van der Waals surface area (Å²) in [5.41, 5.74) is 0. The molecular weight excluding hydrogens is 70.9 g/mol. The molecule has 1 nitrogen and oxygen atoms in total. The van der Waals surface area contributed by atoms with Crippen LogP contribution in [-0.4, -0.2) is 13.9 Å². The Morgan fingerprint density at radius 2 is 2.25 bits per heavy atom. The lowest BCUT2D eigenvalue weighted by Gasteiger charge is -1.72. The zero-order valence-electron chi connectivity index (χ0n) is 2.56. The second-order valence-electron chi connectivity index (χ2n) is 0.418. The molecule has 0 saturated carbocycles. The maximum absolute atomic E-state index is 4.41. The van der Waals surface area contributed by atoms with Gasteiger partial charge in [-0.3, -0.25) is 0 Å². The van der Waals surface area contributed by atoms with Crippen LogP contribution in [0, 0.1) is 0 Å². The average Bonchev–Trinajstić information content (AvgIpc) is 1.37. The first-order chi connectivity index (χ1) is 1.91. The zero-order valence-corrected chi connectivity index (χ0v) is 3.46. The Morgan fingerprint density at radius 1 is 2.00 bits per heavy atom. The van der Waals surface area contributed by atoms with E-state index >= 15 is 0 Å². The monoisotopic (exact) mass is 76.0 g/mol. The fourth-order valence-corrected chi connectivity index (χ4v) is 0. The Bertz CT molecular complexity index is 10.0. The fraction of sp³-hybridized carbons (Fsp3) is 1.00. The molecular formula is CH5BOS. The van der Waals surface area contributed by atoms with Crippen LogP contribution >= 0.6 is 12.5 Å². The van der Waals surface area contributed by atoms with Gasteiger partial charge < -0.3 is 4.65 Å². The van der Waals surface area contributed by atoms with Crippen LogP contribution in [0.15, 0.2) is 0 Å². The number of hydrogen-bond acceptors (Lipinski definition) is 2. The molecule has 0 amide bonds. The highest BCUT2D eigenvalue weighted by molar-refractivity contribution is 8.06. The second-order valence-corrected chi connectivity index (χ2v) is 0.676. The number of thiol groups is 1. The molecule has 0 radical (unpaired) electrons. The molecule has 0 aromatic rings. The summed E-state index contributed by atoms with van der Waals surface area (Å²) in [6.07, 6.45) is 0. The summed E-state index contributed by atoms with van der Waals surface area (Å²) in [4.78, 5) is 0. The molecule has 0 saturated heterocycles. The van der Waals surface area contributed by atoms with Crippen molar-refractivity contribution in [1.82, 2.24) is 0 Å². The van der Waals surface area contributed by atoms with Gasteiger partial charge in [-0.05, 0) is 0 Å². The van der Waals surface area contributed by atoms with E-state index in [1.54, 1.807) is 7.11 Å². The van der Waals surface area contributed by atoms with Crippen molar-refractivity contribution in [3.8, 4) is 0 Å². The Hall–Kier alpha value is 0.375. The van der Waals surface area contributed by atoms with Crippen LogP contribution in [0.1, 0.15) is 0 Å². The highest BCUT2D eigenvalue weighted by Gasteiger charge is 1.61. The topological polar surface area (TPSA) is 9.23 Å². The summed E-state index contributed by atoms with van der Waals surface area (Å²) in [6.45, 7) is 0.514. The molecule has 0 aromatic carbocycles. The van der Waals surface area contributed by atoms with Crippen molar-refractivity contribution >= 4 is 19.2 Å². The molecule has 0 N–H and O–H groups in total. The number of rotatable bonds is 1. The van der Waals surface area contributed by atoms with E-state index in [0.717, 1.165) is 0 Å². The largest absolute Gasteiger partial charge is 0.431 e. The highest BCUT2D eigenvalue weighted by atomic mass is 32.1. The van der Waals surface area contributed by atoms with Crippen molar-refractivity contribution in [2.24, 2.45) is 0 Å². The SMILES string of the molecule is COBS. The predicted molar refractivity (Wildman–Crippen MR) is 23.1 cm³/mol. The maximum atomic E-state index is 4.41. The lowest BCUT2D eigenvalue weighted by molar-refractivity contribution is 0.456. The molecule has 0 unspecified atom stereocenters. The minimum Gasteiger partial charge on any atom is -0.431 e. The Morgan fingerprint density at radius 3 is 2.25 bits per heavy atom. The molecule has 0 atom stereocenters. The predicted octanol–water partition coefficient (Wildman–Crippen LogP) is -0.171. The van der Waals surface area contributed by atoms with Crippen molar-refractivity contribution in [1.29, 1.82) is 0 Å². The van der Waals surface area contributed by atoms with E-state index in [4.69, 9.17) is 0 Å². The molecule has 0 aliphatic heterocycles. The average molecular weight is 75.9 g/mol. The van der Waals surface area contributed by atoms with Crippen LogP contribution in [0.5, 0.6) is 0 Å². The first-order valence-electron chi connectivity index (χ1n) is 1.01. The molecule has 24 valence electrons. The van der Waals surface area contributed by atoms with E-state index < -0.39 is 0 Å². The van der Waals surface area contributed by atoms with Crippen LogP contribution in [-0.2, 0) is 4.65 Å². The van der Waals surface area contributed by atoms with Gasteiger partial charge in [-0.15, -0.1) is 0 Å². The van der Waals surface area contributed by atoms with Crippen molar-refractivity contribution in [2.75, 3.05) is 7.11 Å². The second kappa shape index (κ2) is 3.37. The van der Waals surface area contributed by atoms with Crippen LogP contribution in [0.2, 0.25) is 0 Å². The molecule has 0 heterocycles. The molecule has 0 bridgehead atoms. The molecule has 0 aliphatic carbocycles. The molecule has 0 spiro atoms. The van der Waals surface area contributed by atoms with Crippen molar-refractivity contribution in [3.05, 3.63) is 0 Å². The van der Waals surface area contributed by atoms with E-state index in [0.29, 0.717) is 6.76 Å². The number of hydrogen-bond donors (Lipinski definition) is 1. The van der Waals surface area contributed by atoms with Crippen LogP contribution in [0.3, 0.4) is 0 Å². The minimum absolute atomic E-state index is 0.514. The molecule has 3 heteroatoms. The van der Waals surface area contributed by atoms with E-state index in [-0.39, 0.29) is 0 Å². The normalized spacial score (nSPS) is 6.50. The third-order valence-electron chi connectivity index (χ3n) is 0.129. The zero-order chi connectivity index (χ0) is 3.41. The minimum atomic E-state index is 0.514. The van der Waals surface area contributed by atoms with Gasteiger partial charge in [0.25, 0.3) is 0 Å². The van der Waals surface area contributed by atoms with E-state index in [1.165, 1.54) is 0 Å². The van der Waals surface area contributed by atoms with Crippen molar-refractivity contribution in [3.63, 3.8) is 0 Å². The first-order valence-corrected chi connectivity index (χ1v) is 1.65. The van der Waals surface area contributed by atoms with Gasteiger partial charge in [0.15, 0.2) is 0 Å². The van der Waals surface area contributed by atoms with Gasteiger partial charge in [-0.25, -0.2) is 0 Å². The summed E-state index contributed by atoms with van der Waals surface area (Å²) in [5, 5.41) is 0. The van der Waals surface area contributed by atoms with Crippen molar-refractivity contribution < 1.29 is 4.65 Å². The van der Waals surface area contributed by atoms with Crippen LogP contribution < -0.4 is 0 Å². The summed E-state index contributed by atoms with van der Waals surface area (Å²) in [5.74, 6) is 0. The first kappa shape index (κ1) is 4.37. The maximum Gasteiger partial charge on any atom is 0.339 e. The van der Waals surface area contributed by atoms with Gasteiger partial charge >= 0.3 is 6.76 Å². The standard InChI is InChI=1S/CH5BOS/c1-3-2-4/h2,4H,1H3. The molecule has 4 heavy (non-hydrogen) atoms. The summed E-state index contributed by atoms with van der Waals surface area (Å²) < 4.78 is 4.41. The van der Waals surface area contributed by atoms with Gasteiger partial charge in [0, 0.05) is 7.11 Å².